The zero-order valence-electron chi connectivity index (χ0n) is 9.42. The van der Waals surface area contributed by atoms with Crippen molar-refractivity contribution in [1.82, 2.24) is 10.1 Å². The number of aryl methyl sites for hydroxylation is 1. The van der Waals surface area contributed by atoms with E-state index in [9.17, 15) is 0 Å². The molecule has 90 valence electrons. The molecule has 1 aromatic carbocycles. The lowest BCUT2D eigenvalue weighted by atomic mass is 10.2. The summed E-state index contributed by atoms with van der Waals surface area (Å²) in [6.45, 7) is 2.22. The minimum Gasteiger partial charge on any atom is -0.337 e. The van der Waals surface area contributed by atoms with Crippen molar-refractivity contribution in [3.8, 4) is 0 Å². The summed E-state index contributed by atoms with van der Waals surface area (Å²) in [6, 6.07) is 8.18. The molecule has 0 aliphatic heterocycles. The minimum atomic E-state index is 0.141. The first kappa shape index (κ1) is 12.1. The van der Waals surface area contributed by atoms with Gasteiger partial charge in [-0.05, 0) is 18.6 Å². The first-order chi connectivity index (χ1) is 8.29. The maximum Gasteiger partial charge on any atom is 0.254 e. The highest BCUT2D eigenvalue weighted by atomic mass is 32.2. The van der Waals surface area contributed by atoms with Crippen LogP contribution < -0.4 is 5.90 Å². The van der Waals surface area contributed by atoms with Crippen LogP contribution in [-0.2, 0) is 17.2 Å². The quantitative estimate of drug-likeness (QED) is 0.647. The molecule has 5 nitrogen and oxygen atoms in total. The third kappa shape index (κ3) is 3.29. The monoisotopic (exact) mass is 251 g/mol. The van der Waals surface area contributed by atoms with Crippen molar-refractivity contribution in [3.63, 3.8) is 0 Å². The molecule has 0 amide bonds. The fraction of sp³-hybridized carbons (Fsp3) is 0.273. The Hall–Kier alpha value is -1.37. The minimum absolute atomic E-state index is 0.141. The zero-order chi connectivity index (χ0) is 12.1. The molecule has 0 spiro atoms. The van der Waals surface area contributed by atoms with Gasteiger partial charge in [0.05, 0.1) is 5.75 Å². The van der Waals surface area contributed by atoms with E-state index in [1.165, 1.54) is 10.5 Å². The third-order valence-electron chi connectivity index (χ3n) is 2.17. The highest BCUT2D eigenvalue weighted by Gasteiger charge is 2.07. The fourth-order valence-corrected chi connectivity index (χ4v) is 2.21. The van der Waals surface area contributed by atoms with Gasteiger partial charge in [-0.15, -0.1) is 11.8 Å². The molecule has 0 fully saturated rings. The van der Waals surface area contributed by atoms with E-state index in [1.807, 2.05) is 12.1 Å². The number of rotatable bonds is 5. The second-order valence-corrected chi connectivity index (χ2v) is 4.49. The Morgan fingerprint density at radius 1 is 1.41 bits per heavy atom. The van der Waals surface area contributed by atoms with Crippen LogP contribution in [0.4, 0.5) is 0 Å². The Kier molecular flexibility index (Phi) is 4.13. The molecule has 0 aliphatic carbocycles. The van der Waals surface area contributed by atoms with Crippen LogP contribution in [0.3, 0.4) is 0 Å². The van der Waals surface area contributed by atoms with E-state index < -0.39 is 0 Å². The summed E-state index contributed by atoms with van der Waals surface area (Å²) < 4.78 is 4.94. The zero-order valence-corrected chi connectivity index (χ0v) is 10.2. The lowest BCUT2D eigenvalue weighted by Gasteiger charge is -2.01. The van der Waals surface area contributed by atoms with Gasteiger partial charge in [-0.1, -0.05) is 23.4 Å². The van der Waals surface area contributed by atoms with E-state index in [2.05, 4.69) is 34.0 Å². The second-order valence-electron chi connectivity index (χ2n) is 3.47. The number of thioether (sulfide) groups is 1. The number of hydrogen-bond acceptors (Lipinski definition) is 6. The van der Waals surface area contributed by atoms with Crippen LogP contribution >= 0.6 is 11.8 Å². The van der Waals surface area contributed by atoms with Crippen molar-refractivity contribution >= 4 is 11.8 Å². The Balaban J connectivity index is 1.95. The Morgan fingerprint density at radius 3 is 3.00 bits per heavy atom. The number of hydrogen-bond donors (Lipinski definition) is 1. The molecule has 0 atom stereocenters. The molecule has 2 aromatic rings. The molecule has 0 unspecified atom stereocenters. The van der Waals surface area contributed by atoms with E-state index >= 15 is 0 Å². The Morgan fingerprint density at radius 2 is 2.24 bits per heavy atom. The molecule has 0 aliphatic rings. The van der Waals surface area contributed by atoms with Crippen LogP contribution in [-0.4, -0.2) is 10.1 Å². The van der Waals surface area contributed by atoms with Crippen molar-refractivity contribution in [2.75, 3.05) is 0 Å². The first-order valence-corrected chi connectivity index (χ1v) is 6.09. The van der Waals surface area contributed by atoms with E-state index in [-0.39, 0.29) is 6.61 Å². The van der Waals surface area contributed by atoms with Gasteiger partial charge in [0.15, 0.2) is 5.82 Å². The van der Waals surface area contributed by atoms with Gasteiger partial charge in [0.1, 0.15) is 6.61 Å². The van der Waals surface area contributed by atoms with E-state index in [0.717, 1.165) is 0 Å². The van der Waals surface area contributed by atoms with Gasteiger partial charge < -0.3 is 4.52 Å². The Labute approximate surface area is 103 Å². The summed E-state index contributed by atoms with van der Waals surface area (Å²) in [5.74, 6) is 6.63. The predicted molar refractivity (Wildman–Crippen MR) is 64.0 cm³/mol. The lowest BCUT2D eigenvalue weighted by molar-refractivity contribution is 0.0995. The van der Waals surface area contributed by atoms with Gasteiger partial charge in [-0.2, -0.15) is 4.98 Å². The summed E-state index contributed by atoms with van der Waals surface area (Å²) in [7, 11) is 0. The third-order valence-corrected chi connectivity index (χ3v) is 3.34. The standard InChI is InChI=1S/C11H13N3O2S/c1-8-4-2-3-5-9(8)17-7-10-13-11(6-15-12)16-14-10/h2-5H,6-7,12H2,1H3. The van der Waals surface area contributed by atoms with Crippen LogP contribution in [0.15, 0.2) is 33.7 Å². The highest BCUT2D eigenvalue weighted by Crippen LogP contribution is 2.24. The van der Waals surface area contributed by atoms with Crippen LogP contribution in [0.5, 0.6) is 0 Å². The van der Waals surface area contributed by atoms with E-state index in [0.29, 0.717) is 17.5 Å². The number of benzene rings is 1. The summed E-state index contributed by atoms with van der Waals surface area (Å²) >= 11 is 1.67. The fourth-order valence-electron chi connectivity index (χ4n) is 1.34. The van der Waals surface area contributed by atoms with Crippen molar-refractivity contribution in [2.24, 2.45) is 5.90 Å². The smallest absolute Gasteiger partial charge is 0.254 e. The predicted octanol–water partition coefficient (Wildman–Crippen LogP) is 2.06. The molecule has 0 saturated heterocycles. The number of nitrogens with zero attached hydrogens (tertiary/aromatic N) is 2. The normalized spacial score (nSPS) is 10.7. The van der Waals surface area contributed by atoms with Gasteiger partial charge in [0, 0.05) is 4.90 Å². The van der Waals surface area contributed by atoms with Crippen molar-refractivity contribution in [1.29, 1.82) is 0 Å². The molecule has 0 saturated carbocycles. The average molecular weight is 251 g/mol. The molecule has 0 radical (unpaired) electrons. The maximum absolute atomic E-state index is 4.94. The Bertz CT molecular complexity index is 487. The van der Waals surface area contributed by atoms with Crippen molar-refractivity contribution < 1.29 is 9.36 Å². The lowest BCUT2D eigenvalue weighted by Crippen LogP contribution is -1.98. The molecule has 0 bridgehead atoms. The van der Waals surface area contributed by atoms with Crippen molar-refractivity contribution in [3.05, 3.63) is 41.5 Å². The van der Waals surface area contributed by atoms with Crippen molar-refractivity contribution in [2.45, 2.75) is 24.2 Å². The number of nitrogens with two attached hydrogens (primary N) is 1. The van der Waals surface area contributed by atoms with Crippen LogP contribution in [0, 0.1) is 6.92 Å². The largest absolute Gasteiger partial charge is 0.337 e. The van der Waals surface area contributed by atoms with Crippen LogP contribution in [0.25, 0.3) is 0 Å². The van der Waals surface area contributed by atoms with E-state index in [4.69, 9.17) is 10.4 Å². The first-order valence-electron chi connectivity index (χ1n) is 5.11. The molecule has 2 N–H and O–H groups in total. The van der Waals surface area contributed by atoms with Gasteiger partial charge >= 0.3 is 0 Å². The molecular weight excluding hydrogens is 238 g/mol. The van der Waals surface area contributed by atoms with Gasteiger partial charge in [-0.3, -0.25) is 4.84 Å². The van der Waals surface area contributed by atoms with Gasteiger partial charge in [0.25, 0.3) is 5.89 Å². The molecule has 1 heterocycles. The SMILES string of the molecule is Cc1ccccc1SCc1noc(CON)n1. The molecular formula is C11H13N3O2S. The van der Waals surface area contributed by atoms with Gasteiger partial charge in [0.2, 0.25) is 0 Å². The average Bonchev–Trinajstić information content (AvgIpc) is 2.76. The molecule has 6 heteroatoms. The van der Waals surface area contributed by atoms with Crippen LogP contribution in [0.2, 0.25) is 0 Å². The topological polar surface area (TPSA) is 74.2 Å². The number of aromatic nitrogens is 2. The van der Waals surface area contributed by atoms with E-state index in [1.54, 1.807) is 11.8 Å². The molecule has 1 aromatic heterocycles. The summed E-state index contributed by atoms with van der Waals surface area (Å²) in [5, 5.41) is 3.84. The van der Waals surface area contributed by atoms with Crippen LogP contribution in [0.1, 0.15) is 17.3 Å². The second kappa shape index (κ2) is 5.81. The molecule has 2 rings (SSSR count). The summed E-state index contributed by atoms with van der Waals surface area (Å²) in [5.41, 5.74) is 1.24. The molecule has 17 heavy (non-hydrogen) atoms. The van der Waals surface area contributed by atoms with Gasteiger partial charge in [-0.25, -0.2) is 5.90 Å². The maximum atomic E-state index is 4.94. The summed E-state index contributed by atoms with van der Waals surface area (Å²) in [4.78, 5) is 9.78. The highest BCUT2D eigenvalue weighted by molar-refractivity contribution is 7.98. The summed E-state index contributed by atoms with van der Waals surface area (Å²) in [6.07, 6.45) is 0.